The summed E-state index contributed by atoms with van der Waals surface area (Å²) in [5.41, 5.74) is 0.381. The van der Waals surface area contributed by atoms with Gasteiger partial charge in [-0.25, -0.2) is 0 Å². The molecule has 0 aliphatic heterocycles. The average Bonchev–Trinajstić information content (AvgIpc) is 3.20. The Morgan fingerprint density at radius 3 is 2.50 bits per heavy atom. The maximum absolute atomic E-state index is 12.1. The molecule has 6 heteroatoms. The van der Waals surface area contributed by atoms with E-state index in [0.717, 1.165) is 12.8 Å². The molecule has 0 bridgehead atoms. The zero-order valence-electron chi connectivity index (χ0n) is 11.1. The number of nitrogens with one attached hydrogen (secondary N) is 1. The van der Waals surface area contributed by atoms with E-state index in [1.54, 1.807) is 13.2 Å². The van der Waals surface area contributed by atoms with Crippen LogP contribution in [0, 0.1) is 5.92 Å². The number of aliphatic hydroxyl groups is 1. The molecule has 0 aromatic heterocycles. The Hall–Kier alpha value is -0.810. The van der Waals surface area contributed by atoms with E-state index in [1.165, 1.54) is 12.1 Å². The SMILES string of the molecule is COCC(NC(=O)C(O)c1cc(Cl)cc(Cl)c1)C1CC1. The molecule has 20 heavy (non-hydrogen) atoms. The van der Waals surface area contributed by atoms with Gasteiger partial charge in [0.15, 0.2) is 6.10 Å². The lowest BCUT2D eigenvalue weighted by molar-refractivity contribution is -0.131. The van der Waals surface area contributed by atoms with Gasteiger partial charge in [-0.15, -0.1) is 0 Å². The smallest absolute Gasteiger partial charge is 0.253 e. The molecule has 1 amide bonds. The fraction of sp³-hybridized carbons (Fsp3) is 0.500. The van der Waals surface area contributed by atoms with E-state index in [4.69, 9.17) is 27.9 Å². The minimum absolute atomic E-state index is 0.0585. The third-order valence-corrected chi connectivity index (χ3v) is 3.75. The first-order valence-electron chi connectivity index (χ1n) is 6.44. The van der Waals surface area contributed by atoms with Gasteiger partial charge in [-0.1, -0.05) is 23.2 Å². The van der Waals surface area contributed by atoms with Crippen LogP contribution in [0.5, 0.6) is 0 Å². The number of hydrogen-bond donors (Lipinski definition) is 2. The van der Waals surface area contributed by atoms with Crippen LogP contribution in [-0.4, -0.2) is 30.8 Å². The Bertz CT molecular complexity index is 471. The van der Waals surface area contributed by atoms with E-state index in [1.807, 2.05) is 0 Å². The van der Waals surface area contributed by atoms with E-state index in [0.29, 0.717) is 28.1 Å². The summed E-state index contributed by atoms with van der Waals surface area (Å²) in [4.78, 5) is 12.1. The van der Waals surface area contributed by atoms with E-state index in [-0.39, 0.29) is 6.04 Å². The van der Waals surface area contributed by atoms with Crippen molar-refractivity contribution in [2.45, 2.75) is 25.0 Å². The largest absolute Gasteiger partial charge is 0.383 e. The van der Waals surface area contributed by atoms with Crippen molar-refractivity contribution in [1.82, 2.24) is 5.32 Å². The Balaban J connectivity index is 2.03. The first kappa shape index (κ1) is 15.6. The van der Waals surface area contributed by atoms with E-state index >= 15 is 0 Å². The van der Waals surface area contributed by atoms with E-state index in [2.05, 4.69) is 5.32 Å². The molecule has 2 unspecified atom stereocenters. The molecule has 1 fully saturated rings. The highest BCUT2D eigenvalue weighted by Gasteiger charge is 2.33. The summed E-state index contributed by atoms with van der Waals surface area (Å²) >= 11 is 11.7. The van der Waals surface area contributed by atoms with Crippen molar-refractivity contribution in [3.05, 3.63) is 33.8 Å². The van der Waals surface area contributed by atoms with E-state index < -0.39 is 12.0 Å². The molecule has 4 nitrogen and oxygen atoms in total. The number of aliphatic hydroxyl groups excluding tert-OH is 1. The van der Waals surface area contributed by atoms with Crippen molar-refractivity contribution in [3.63, 3.8) is 0 Å². The van der Waals surface area contributed by atoms with Crippen LogP contribution >= 0.6 is 23.2 Å². The van der Waals surface area contributed by atoms with Crippen molar-refractivity contribution >= 4 is 29.1 Å². The number of rotatable bonds is 6. The second-order valence-corrected chi connectivity index (χ2v) is 5.89. The molecule has 110 valence electrons. The molecular formula is C14H17Cl2NO3. The third kappa shape index (κ3) is 4.09. The maximum atomic E-state index is 12.1. The predicted octanol–water partition coefficient (Wildman–Crippen LogP) is 2.57. The topological polar surface area (TPSA) is 58.6 Å². The summed E-state index contributed by atoms with van der Waals surface area (Å²) in [5, 5.41) is 13.7. The minimum Gasteiger partial charge on any atom is -0.383 e. The second kappa shape index (κ2) is 6.76. The van der Waals surface area contributed by atoms with Gasteiger partial charge in [-0.3, -0.25) is 4.79 Å². The zero-order valence-corrected chi connectivity index (χ0v) is 12.6. The zero-order chi connectivity index (χ0) is 14.7. The molecule has 2 N–H and O–H groups in total. The molecule has 0 radical (unpaired) electrons. The van der Waals surface area contributed by atoms with Gasteiger partial charge in [0, 0.05) is 17.2 Å². The summed E-state index contributed by atoms with van der Waals surface area (Å²) in [6.45, 7) is 0.444. The van der Waals surface area contributed by atoms with Crippen LogP contribution in [0.2, 0.25) is 10.0 Å². The lowest BCUT2D eigenvalue weighted by Gasteiger charge is -2.20. The fourth-order valence-electron chi connectivity index (χ4n) is 2.12. The van der Waals surface area contributed by atoms with Crippen LogP contribution in [0.3, 0.4) is 0 Å². The Morgan fingerprint density at radius 1 is 1.40 bits per heavy atom. The van der Waals surface area contributed by atoms with Crippen molar-refractivity contribution in [3.8, 4) is 0 Å². The molecule has 1 aromatic rings. The van der Waals surface area contributed by atoms with Gasteiger partial charge in [0.2, 0.25) is 0 Å². The number of benzene rings is 1. The number of carbonyl (C=O) groups is 1. The van der Waals surface area contributed by atoms with Crippen molar-refractivity contribution in [1.29, 1.82) is 0 Å². The van der Waals surface area contributed by atoms with Crippen LogP contribution < -0.4 is 5.32 Å². The van der Waals surface area contributed by atoms with Crippen LogP contribution in [0.4, 0.5) is 0 Å². The predicted molar refractivity (Wildman–Crippen MR) is 78.0 cm³/mol. The summed E-state index contributed by atoms with van der Waals surface area (Å²) in [6.07, 6.45) is 0.866. The van der Waals surface area contributed by atoms with Crippen molar-refractivity contribution < 1.29 is 14.6 Å². The number of amides is 1. The molecule has 2 rings (SSSR count). The summed E-state index contributed by atoms with van der Waals surface area (Å²) in [5.74, 6) is -0.0219. The number of methoxy groups -OCH3 is 1. The molecular weight excluding hydrogens is 301 g/mol. The quantitative estimate of drug-likeness (QED) is 0.847. The highest BCUT2D eigenvalue weighted by atomic mass is 35.5. The monoisotopic (exact) mass is 317 g/mol. The second-order valence-electron chi connectivity index (χ2n) is 5.01. The molecule has 1 aliphatic carbocycles. The van der Waals surface area contributed by atoms with Crippen molar-refractivity contribution in [2.24, 2.45) is 5.92 Å². The molecule has 1 saturated carbocycles. The molecule has 1 aromatic carbocycles. The average molecular weight is 318 g/mol. The molecule has 0 saturated heterocycles. The van der Waals surface area contributed by atoms with Gasteiger partial charge in [0.05, 0.1) is 12.6 Å². The number of halogens is 2. The summed E-state index contributed by atoms with van der Waals surface area (Å²) < 4.78 is 5.09. The molecule has 2 atom stereocenters. The summed E-state index contributed by atoms with van der Waals surface area (Å²) in [7, 11) is 1.59. The van der Waals surface area contributed by atoms with Gasteiger partial charge in [-0.05, 0) is 42.5 Å². The lowest BCUT2D eigenvalue weighted by Crippen LogP contribution is -2.42. The molecule has 1 aliphatic rings. The maximum Gasteiger partial charge on any atom is 0.253 e. The summed E-state index contributed by atoms with van der Waals surface area (Å²) in [6, 6.07) is 4.55. The van der Waals surface area contributed by atoms with Crippen molar-refractivity contribution in [2.75, 3.05) is 13.7 Å². The van der Waals surface area contributed by atoms with E-state index in [9.17, 15) is 9.90 Å². The Kier molecular flexibility index (Phi) is 5.27. The number of carbonyl (C=O) groups excluding carboxylic acids is 1. The number of hydrogen-bond acceptors (Lipinski definition) is 3. The third-order valence-electron chi connectivity index (χ3n) is 3.31. The fourth-order valence-corrected chi connectivity index (χ4v) is 2.66. The standard InChI is InChI=1S/C14H17Cl2NO3/c1-20-7-12(8-2-3-8)17-14(19)13(18)9-4-10(15)6-11(16)5-9/h4-6,8,12-13,18H,2-3,7H2,1H3,(H,17,19). The minimum atomic E-state index is -1.29. The first-order valence-corrected chi connectivity index (χ1v) is 7.20. The van der Waals surface area contributed by atoms with Gasteiger partial charge < -0.3 is 15.2 Å². The van der Waals surface area contributed by atoms with Crippen LogP contribution in [-0.2, 0) is 9.53 Å². The van der Waals surface area contributed by atoms with Gasteiger partial charge in [0.1, 0.15) is 0 Å². The van der Waals surface area contributed by atoms with Crippen LogP contribution in [0.25, 0.3) is 0 Å². The molecule has 0 heterocycles. The van der Waals surface area contributed by atoms with Gasteiger partial charge in [0.25, 0.3) is 5.91 Å². The van der Waals surface area contributed by atoms with Gasteiger partial charge >= 0.3 is 0 Å². The number of ether oxygens (including phenoxy) is 1. The highest BCUT2D eigenvalue weighted by molar-refractivity contribution is 6.34. The Labute approximate surface area is 128 Å². The van der Waals surface area contributed by atoms with Crippen LogP contribution in [0.1, 0.15) is 24.5 Å². The van der Waals surface area contributed by atoms with Gasteiger partial charge in [-0.2, -0.15) is 0 Å². The normalized spacial score (nSPS) is 17.6. The lowest BCUT2D eigenvalue weighted by atomic mass is 10.1. The molecule has 0 spiro atoms. The first-order chi connectivity index (χ1) is 9.51. The highest BCUT2D eigenvalue weighted by Crippen LogP contribution is 2.33. The Morgan fingerprint density at radius 2 is 2.00 bits per heavy atom. The van der Waals surface area contributed by atoms with Crippen LogP contribution in [0.15, 0.2) is 18.2 Å².